The highest BCUT2D eigenvalue weighted by molar-refractivity contribution is 6.11. The zero-order valence-corrected chi connectivity index (χ0v) is 31.3. The molecule has 0 saturated heterocycles. The van der Waals surface area contributed by atoms with Gasteiger partial charge >= 0.3 is 0 Å². The Morgan fingerprint density at radius 2 is 1.29 bits per heavy atom. The van der Waals surface area contributed by atoms with E-state index in [2.05, 4.69) is 195 Å². The van der Waals surface area contributed by atoms with Crippen molar-refractivity contribution in [1.29, 1.82) is 0 Å². The van der Waals surface area contributed by atoms with E-state index in [1.807, 2.05) is 18.2 Å². The molecule has 0 unspecified atom stereocenters. The van der Waals surface area contributed by atoms with Gasteiger partial charge in [-0.1, -0.05) is 124 Å². The monoisotopic (exact) mass is 708 g/mol. The molecule has 264 valence electrons. The van der Waals surface area contributed by atoms with Crippen molar-refractivity contribution in [2.75, 3.05) is 4.90 Å². The Kier molecular flexibility index (Phi) is 7.53. The van der Waals surface area contributed by atoms with Crippen molar-refractivity contribution in [3.63, 3.8) is 0 Å². The van der Waals surface area contributed by atoms with Crippen molar-refractivity contribution in [3.05, 3.63) is 199 Å². The Bertz CT molecular complexity index is 3040. The average Bonchev–Trinajstić information content (AvgIpc) is 3.83. The lowest BCUT2D eigenvalue weighted by atomic mass is 9.81. The fourth-order valence-electron chi connectivity index (χ4n) is 8.95. The summed E-state index contributed by atoms with van der Waals surface area (Å²) in [5.74, 6) is 0. The van der Waals surface area contributed by atoms with Crippen LogP contribution in [0.5, 0.6) is 0 Å². The first-order chi connectivity index (χ1) is 27.0. The Morgan fingerprint density at radius 3 is 2.13 bits per heavy atom. The maximum atomic E-state index is 6.40. The molecule has 3 heteroatoms. The smallest absolute Gasteiger partial charge is 0.136 e. The van der Waals surface area contributed by atoms with Crippen LogP contribution in [0.25, 0.3) is 66.1 Å². The topological polar surface area (TPSA) is 21.3 Å². The third-order valence-electron chi connectivity index (χ3n) is 11.5. The van der Waals surface area contributed by atoms with E-state index < -0.39 is 0 Å². The molecular weight excluding hydrogens is 669 g/mol. The molecule has 2 aromatic heterocycles. The minimum Gasteiger partial charge on any atom is -0.456 e. The first-order valence-corrected chi connectivity index (χ1v) is 19.0. The maximum absolute atomic E-state index is 6.40. The Balaban J connectivity index is 1.22. The summed E-state index contributed by atoms with van der Waals surface area (Å²) in [6.07, 6.45) is 6.38. The van der Waals surface area contributed by atoms with Gasteiger partial charge in [0.1, 0.15) is 11.2 Å². The molecule has 0 bridgehead atoms. The summed E-state index contributed by atoms with van der Waals surface area (Å²) < 4.78 is 8.78. The Hall–Kier alpha value is -6.84. The van der Waals surface area contributed by atoms with E-state index in [1.165, 1.54) is 44.1 Å². The minimum atomic E-state index is -0.216. The summed E-state index contributed by atoms with van der Waals surface area (Å²) in [6, 6.07) is 56.9. The number of anilines is 3. The molecule has 9 aromatic rings. The van der Waals surface area contributed by atoms with E-state index in [9.17, 15) is 0 Å². The third kappa shape index (κ3) is 5.04. The number of nitrogens with zero attached hydrogens (tertiary/aromatic N) is 2. The molecule has 0 saturated carbocycles. The van der Waals surface area contributed by atoms with Gasteiger partial charge in [-0.25, -0.2) is 0 Å². The number of rotatable bonds is 7. The van der Waals surface area contributed by atoms with E-state index in [0.717, 1.165) is 55.8 Å². The lowest BCUT2D eigenvalue weighted by molar-refractivity contribution is 0.654. The number of para-hydroxylation sites is 4. The van der Waals surface area contributed by atoms with Crippen molar-refractivity contribution in [2.24, 2.45) is 0 Å². The number of aromatic nitrogens is 1. The van der Waals surface area contributed by atoms with E-state index in [4.69, 9.17) is 4.42 Å². The van der Waals surface area contributed by atoms with Gasteiger partial charge < -0.3 is 13.9 Å². The minimum absolute atomic E-state index is 0.216. The zero-order chi connectivity index (χ0) is 37.3. The summed E-state index contributed by atoms with van der Waals surface area (Å²) in [7, 11) is 0. The van der Waals surface area contributed by atoms with E-state index >= 15 is 0 Å². The first kappa shape index (κ1) is 32.8. The first-order valence-electron chi connectivity index (χ1n) is 19.0. The van der Waals surface area contributed by atoms with Crippen molar-refractivity contribution < 1.29 is 4.42 Å². The second kappa shape index (κ2) is 12.6. The van der Waals surface area contributed by atoms with Crippen molar-refractivity contribution in [1.82, 2.24) is 4.57 Å². The number of fused-ring (bicyclic) bond motifs is 7. The second-order valence-corrected chi connectivity index (χ2v) is 14.9. The number of allylic oxidation sites excluding steroid dienone is 5. The number of hydrogen-bond donors (Lipinski definition) is 0. The van der Waals surface area contributed by atoms with Crippen LogP contribution >= 0.6 is 0 Å². The molecule has 0 radical (unpaired) electrons. The van der Waals surface area contributed by atoms with Crippen LogP contribution in [0.15, 0.2) is 193 Å². The van der Waals surface area contributed by atoms with Gasteiger partial charge in [0.15, 0.2) is 0 Å². The molecular formula is C52H40N2O. The highest BCUT2D eigenvalue weighted by Crippen LogP contribution is 2.51. The van der Waals surface area contributed by atoms with E-state index in [0.29, 0.717) is 0 Å². The SMILES string of the molecule is C=CC1=C(/C=C\C)c2ccc(N(c3ccc4c(c3)c3ccccc3n4-c3ccccc3)c3ccccc3-c3ccc4c(c3)oc3ccccc34)cc2C1(C)C. The van der Waals surface area contributed by atoms with Gasteiger partial charge in [-0.05, 0) is 108 Å². The predicted octanol–water partition coefficient (Wildman–Crippen LogP) is 14.6. The van der Waals surface area contributed by atoms with Crippen molar-refractivity contribution in [2.45, 2.75) is 26.2 Å². The van der Waals surface area contributed by atoms with Gasteiger partial charge in [-0.2, -0.15) is 0 Å². The summed E-state index contributed by atoms with van der Waals surface area (Å²) in [5, 5.41) is 4.68. The molecule has 3 nitrogen and oxygen atoms in total. The van der Waals surface area contributed by atoms with Gasteiger partial charge in [0.25, 0.3) is 0 Å². The van der Waals surface area contributed by atoms with Crippen LogP contribution in [0.1, 0.15) is 31.9 Å². The lowest BCUT2D eigenvalue weighted by Crippen LogP contribution is -2.17. The molecule has 0 spiro atoms. The molecule has 0 amide bonds. The van der Waals surface area contributed by atoms with Crippen molar-refractivity contribution >= 4 is 66.4 Å². The largest absolute Gasteiger partial charge is 0.456 e. The predicted molar refractivity (Wildman–Crippen MR) is 233 cm³/mol. The Labute approximate surface area is 321 Å². The maximum Gasteiger partial charge on any atom is 0.136 e. The number of furan rings is 1. The molecule has 0 N–H and O–H groups in total. The third-order valence-corrected chi connectivity index (χ3v) is 11.5. The molecule has 2 heterocycles. The number of hydrogen-bond acceptors (Lipinski definition) is 2. The Morgan fingerprint density at radius 1 is 0.600 bits per heavy atom. The van der Waals surface area contributed by atoms with Gasteiger partial charge in [0, 0.05) is 49.6 Å². The van der Waals surface area contributed by atoms with Crippen LogP contribution in [0.4, 0.5) is 17.1 Å². The summed E-state index contributed by atoms with van der Waals surface area (Å²) in [5.41, 5.74) is 15.6. The molecule has 1 aliphatic rings. The van der Waals surface area contributed by atoms with Crippen LogP contribution in [-0.2, 0) is 5.41 Å². The van der Waals surface area contributed by atoms with Crippen LogP contribution < -0.4 is 4.90 Å². The standard InChI is InChI=1S/C52H40N2O/c1-5-16-39-40-29-26-37(33-46(40)52(3,4)45(39)6-2)53(36-27-30-49-44(32-36)41-20-11-14-23-48(41)54(49)35-17-8-7-9-18-35)47-22-13-10-19-38(47)34-25-28-43-42-21-12-15-24-50(42)55-51(43)31-34/h5-33H,2H2,1,3-4H3/b16-5-. The highest BCUT2D eigenvalue weighted by atomic mass is 16.3. The van der Waals surface area contributed by atoms with Gasteiger partial charge in [-0.3, -0.25) is 0 Å². The quantitative estimate of drug-likeness (QED) is 0.164. The molecule has 1 aliphatic carbocycles. The van der Waals surface area contributed by atoms with Crippen molar-refractivity contribution in [3.8, 4) is 16.8 Å². The molecule has 55 heavy (non-hydrogen) atoms. The van der Waals surface area contributed by atoms with Crippen LogP contribution in [0, 0.1) is 0 Å². The second-order valence-electron chi connectivity index (χ2n) is 14.9. The highest BCUT2D eigenvalue weighted by Gasteiger charge is 2.36. The van der Waals surface area contributed by atoms with E-state index in [1.54, 1.807) is 0 Å². The van der Waals surface area contributed by atoms with Gasteiger partial charge in [0.2, 0.25) is 0 Å². The summed E-state index contributed by atoms with van der Waals surface area (Å²) in [4.78, 5) is 2.43. The molecule has 0 atom stereocenters. The van der Waals surface area contributed by atoms with Gasteiger partial charge in [-0.15, -0.1) is 0 Å². The normalized spacial score (nSPS) is 13.8. The van der Waals surface area contributed by atoms with Gasteiger partial charge in [0.05, 0.1) is 16.7 Å². The summed E-state index contributed by atoms with van der Waals surface area (Å²) >= 11 is 0. The molecule has 10 rings (SSSR count). The molecule has 0 aliphatic heterocycles. The van der Waals surface area contributed by atoms with Crippen LogP contribution in [0.2, 0.25) is 0 Å². The molecule has 0 fully saturated rings. The van der Waals surface area contributed by atoms with E-state index in [-0.39, 0.29) is 5.41 Å². The zero-order valence-electron chi connectivity index (χ0n) is 31.3. The lowest BCUT2D eigenvalue weighted by Gasteiger charge is -2.30. The average molecular weight is 709 g/mol. The number of benzene rings is 7. The molecule has 7 aromatic carbocycles. The fourth-order valence-corrected chi connectivity index (χ4v) is 8.95. The fraction of sp³-hybridized carbons (Fsp3) is 0.0769. The van der Waals surface area contributed by atoms with Crippen LogP contribution in [-0.4, -0.2) is 4.57 Å². The summed E-state index contributed by atoms with van der Waals surface area (Å²) in [6.45, 7) is 11.0. The van der Waals surface area contributed by atoms with Crippen LogP contribution in [0.3, 0.4) is 0 Å².